The third-order valence-corrected chi connectivity index (χ3v) is 7.62. The maximum Gasteiger partial charge on any atom is 0.331 e. The van der Waals surface area contributed by atoms with E-state index in [0.29, 0.717) is 6.42 Å². The first-order valence-electron chi connectivity index (χ1n) is 5.45. The zero-order valence-electron chi connectivity index (χ0n) is 9.67. The molecule has 0 saturated heterocycles. The Morgan fingerprint density at radius 2 is 1.64 bits per heavy atom. The molecule has 0 spiro atoms. The van der Waals surface area contributed by atoms with Gasteiger partial charge in [-0.05, 0) is 24.6 Å². The molecule has 0 aliphatic heterocycles. The van der Waals surface area contributed by atoms with Crippen molar-refractivity contribution in [2.45, 2.75) is 58.4 Å². The zero-order valence-corrected chi connectivity index (χ0v) is 10.7. The van der Waals surface area contributed by atoms with E-state index in [1.807, 2.05) is 6.92 Å². The van der Waals surface area contributed by atoms with Gasteiger partial charge in [0.15, 0.2) is 8.32 Å². The lowest BCUT2D eigenvalue weighted by Gasteiger charge is -2.31. The minimum atomic E-state index is -1.75. The van der Waals surface area contributed by atoms with Crippen LogP contribution < -0.4 is 0 Å². The second kappa shape index (κ2) is 6.19. The van der Waals surface area contributed by atoms with Crippen LogP contribution in [-0.4, -0.2) is 25.5 Å². The highest BCUT2D eigenvalue weighted by Crippen LogP contribution is 2.24. The van der Waals surface area contributed by atoms with Crippen molar-refractivity contribution in [2.75, 3.05) is 0 Å². The molecule has 4 heteroatoms. The molecule has 0 fully saturated rings. The lowest BCUT2D eigenvalue weighted by molar-refractivity contribution is -0.145. The summed E-state index contributed by atoms with van der Waals surface area (Å²) < 4.78 is 5.84. The fourth-order valence-corrected chi connectivity index (χ4v) is 4.48. The average Bonchev–Trinajstić information content (AvgIpc) is 2.20. The predicted octanol–water partition coefficient (Wildman–Crippen LogP) is 2.87. The molecule has 0 aliphatic rings. The lowest BCUT2D eigenvalue weighted by atomic mass is 10.3. The van der Waals surface area contributed by atoms with Gasteiger partial charge >= 0.3 is 5.97 Å². The Labute approximate surface area is 87.6 Å². The van der Waals surface area contributed by atoms with Crippen LogP contribution in [0, 0.1) is 0 Å². The number of carboxylic acid groups (broad SMARTS) is 1. The molecule has 84 valence electrons. The Balaban J connectivity index is 4.47. The first-order valence-corrected chi connectivity index (χ1v) is 7.98. The lowest BCUT2D eigenvalue weighted by Crippen LogP contribution is -2.42. The number of hydrogen-bond donors (Lipinski definition) is 1. The molecule has 0 bridgehead atoms. The van der Waals surface area contributed by atoms with Gasteiger partial charge in [0.2, 0.25) is 0 Å². The molecule has 0 saturated carbocycles. The number of aliphatic carboxylic acids is 1. The fraction of sp³-hybridized carbons (Fsp3) is 0.900. The molecular weight excluding hydrogens is 196 g/mol. The van der Waals surface area contributed by atoms with E-state index >= 15 is 0 Å². The van der Waals surface area contributed by atoms with Gasteiger partial charge in [-0.15, -0.1) is 0 Å². The Bertz CT molecular complexity index is 170. The summed E-state index contributed by atoms with van der Waals surface area (Å²) in [5.74, 6) is -0.820. The Hall–Kier alpha value is -0.353. The van der Waals surface area contributed by atoms with Crippen LogP contribution in [0.15, 0.2) is 0 Å². The summed E-state index contributed by atoms with van der Waals surface area (Å²) in [5.41, 5.74) is 0. The average molecular weight is 218 g/mol. The molecule has 0 aromatic carbocycles. The number of rotatable bonds is 7. The summed E-state index contributed by atoms with van der Waals surface area (Å²) in [6.45, 7) is 8.17. The van der Waals surface area contributed by atoms with Gasteiger partial charge in [0.05, 0.1) is 0 Å². The number of hydrogen-bond acceptors (Lipinski definition) is 2. The van der Waals surface area contributed by atoms with Crippen LogP contribution in [-0.2, 0) is 9.22 Å². The van der Waals surface area contributed by atoms with E-state index in [9.17, 15) is 4.79 Å². The van der Waals surface area contributed by atoms with Crippen LogP contribution in [0.1, 0.15) is 34.1 Å². The van der Waals surface area contributed by atoms with Gasteiger partial charge in [-0.3, -0.25) is 0 Å². The maximum atomic E-state index is 10.9. The van der Waals surface area contributed by atoms with Crippen molar-refractivity contribution in [3.05, 3.63) is 0 Å². The Morgan fingerprint density at radius 1 is 1.21 bits per heavy atom. The quantitative estimate of drug-likeness (QED) is 0.668. The van der Waals surface area contributed by atoms with E-state index in [-0.39, 0.29) is 0 Å². The number of carboxylic acids is 1. The van der Waals surface area contributed by atoms with Gasteiger partial charge in [-0.2, -0.15) is 0 Å². The molecule has 0 aromatic heterocycles. The van der Waals surface area contributed by atoms with E-state index in [0.717, 1.165) is 18.1 Å². The third-order valence-electron chi connectivity index (χ3n) is 2.97. The first-order chi connectivity index (χ1) is 6.55. The van der Waals surface area contributed by atoms with Crippen molar-refractivity contribution in [3.63, 3.8) is 0 Å². The summed E-state index contributed by atoms with van der Waals surface area (Å²) in [5, 5.41) is 8.92. The summed E-state index contributed by atoms with van der Waals surface area (Å²) in [6.07, 6.45) is -0.0362. The van der Waals surface area contributed by atoms with E-state index in [4.69, 9.17) is 9.53 Å². The molecule has 0 aliphatic carbocycles. The van der Waals surface area contributed by atoms with Crippen LogP contribution in [0.3, 0.4) is 0 Å². The van der Waals surface area contributed by atoms with E-state index in [1.165, 1.54) is 0 Å². The summed E-state index contributed by atoms with van der Waals surface area (Å²) >= 11 is 0. The van der Waals surface area contributed by atoms with Gasteiger partial charge in [-0.1, -0.05) is 27.7 Å². The SMILES string of the molecule is CCC(O[Si](CC)(CC)CC)C(=O)O. The van der Waals surface area contributed by atoms with Crippen LogP contribution >= 0.6 is 0 Å². The first kappa shape index (κ1) is 13.6. The largest absolute Gasteiger partial charge is 0.479 e. The highest BCUT2D eigenvalue weighted by molar-refractivity contribution is 6.73. The second-order valence-corrected chi connectivity index (χ2v) is 8.32. The highest BCUT2D eigenvalue weighted by atomic mass is 28.4. The predicted molar refractivity (Wildman–Crippen MR) is 60.0 cm³/mol. The van der Waals surface area contributed by atoms with Gasteiger partial charge in [-0.25, -0.2) is 4.79 Å². The van der Waals surface area contributed by atoms with E-state index in [2.05, 4.69) is 20.8 Å². The molecule has 0 aromatic rings. The third kappa shape index (κ3) is 3.42. The van der Waals surface area contributed by atoms with Crippen molar-refractivity contribution in [2.24, 2.45) is 0 Å². The molecule has 1 N–H and O–H groups in total. The van der Waals surface area contributed by atoms with Crippen LogP contribution in [0.25, 0.3) is 0 Å². The Kier molecular flexibility index (Phi) is 6.03. The zero-order chi connectivity index (χ0) is 11.2. The van der Waals surface area contributed by atoms with Gasteiger partial charge in [0.1, 0.15) is 6.10 Å². The topological polar surface area (TPSA) is 46.5 Å². The van der Waals surface area contributed by atoms with E-state index in [1.54, 1.807) is 0 Å². The van der Waals surface area contributed by atoms with Crippen molar-refractivity contribution in [3.8, 4) is 0 Å². The van der Waals surface area contributed by atoms with Crippen molar-refractivity contribution < 1.29 is 14.3 Å². The minimum Gasteiger partial charge on any atom is -0.479 e. The minimum absolute atomic E-state index is 0.560. The van der Waals surface area contributed by atoms with Crippen molar-refractivity contribution in [1.29, 1.82) is 0 Å². The highest BCUT2D eigenvalue weighted by Gasteiger charge is 2.33. The molecule has 0 radical (unpaired) electrons. The molecule has 3 nitrogen and oxygen atoms in total. The molecule has 1 atom stereocenters. The van der Waals surface area contributed by atoms with Crippen LogP contribution in [0.5, 0.6) is 0 Å². The normalized spacial score (nSPS) is 14.0. The van der Waals surface area contributed by atoms with Crippen molar-refractivity contribution >= 4 is 14.3 Å². The number of carbonyl (C=O) groups is 1. The molecular formula is C10H22O3Si. The van der Waals surface area contributed by atoms with Crippen LogP contribution in [0.2, 0.25) is 18.1 Å². The standard InChI is InChI=1S/C10H22O3Si/c1-5-9(10(11)12)13-14(6-2,7-3)8-4/h9H,5-8H2,1-4H3,(H,11,12). The van der Waals surface area contributed by atoms with Gasteiger partial charge in [0.25, 0.3) is 0 Å². The van der Waals surface area contributed by atoms with Crippen LogP contribution in [0.4, 0.5) is 0 Å². The van der Waals surface area contributed by atoms with Gasteiger partial charge < -0.3 is 9.53 Å². The second-order valence-electron chi connectivity index (χ2n) is 3.60. The summed E-state index contributed by atoms with van der Waals surface area (Å²) in [4.78, 5) is 10.9. The molecule has 14 heavy (non-hydrogen) atoms. The molecule has 1 unspecified atom stereocenters. The maximum absolute atomic E-state index is 10.9. The molecule has 0 heterocycles. The smallest absolute Gasteiger partial charge is 0.331 e. The monoisotopic (exact) mass is 218 g/mol. The summed E-state index contributed by atoms with van der Waals surface area (Å²) in [7, 11) is -1.75. The van der Waals surface area contributed by atoms with E-state index < -0.39 is 20.4 Å². The Morgan fingerprint density at radius 3 is 1.86 bits per heavy atom. The molecule has 0 amide bonds. The van der Waals surface area contributed by atoms with Crippen molar-refractivity contribution in [1.82, 2.24) is 0 Å². The van der Waals surface area contributed by atoms with Gasteiger partial charge in [0, 0.05) is 0 Å². The fourth-order valence-electron chi connectivity index (χ4n) is 1.61. The molecule has 0 rings (SSSR count). The summed E-state index contributed by atoms with van der Waals surface area (Å²) in [6, 6.07) is 3.01.